The van der Waals surface area contributed by atoms with E-state index in [0.717, 1.165) is 52.0 Å². The van der Waals surface area contributed by atoms with Crippen LogP contribution in [0.1, 0.15) is 33.1 Å². The number of nitrogens with one attached hydrogen (secondary N) is 1. The van der Waals surface area contributed by atoms with Crippen LogP contribution in [-0.4, -0.2) is 54.6 Å². The maximum Gasteiger partial charge on any atom is 0.317 e. The zero-order valence-electron chi connectivity index (χ0n) is 11.5. The van der Waals surface area contributed by atoms with Gasteiger partial charge in [0.2, 0.25) is 0 Å². The minimum Gasteiger partial charge on any atom is -0.338 e. The number of carbonyl (C=O) groups excluding carboxylic acids is 1. The highest BCUT2D eigenvalue weighted by atomic mass is 16.2. The number of amides is 2. The van der Waals surface area contributed by atoms with Gasteiger partial charge in [-0.05, 0) is 12.8 Å². The summed E-state index contributed by atoms with van der Waals surface area (Å²) < 4.78 is 0. The molecule has 102 valence electrons. The summed E-state index contributed by atoms with van der Waals surface area (Å²) in [6, 6.07) is 2.35. The monoisotopic (exact) mass is 252 g/mol. The van der Waals surface area contributed by atoms with E-state index in [9.17, 15) is 4.79 Å². The van der Waals surface area contributed by atoms with Crippen LogP contribution in [-0.2, 0) is 0 Å². The lowest BCUT2D eigenvalue weighted by Crippen LogP contribution is -2.54. The average Bonchev–Trinajstić information content (AvgIpc) is 2.41. The molecular formula is C13H24N4O. The molecule has 1 rings (SSSR count). The van der Waals surface area contributed by atoms with Crippen LogP contribution in [0.15, 0.2) is 0 Å². The van der Waals surface area contributed by atoms with E-state index in [4.69, 9.17) is 5.26 Å². The molecule has 0 aromatic carbocycles. The highest BCUT2D eigenvalue weighted by Crippen LogP contribution is 2.08. The predicted octanol–water partition coefficient (Wildman–Crippen LogP) is 1.42. The maximum atomic E-state index is 11.8. The van der Waals surface area contributed by atoms with Crippen LogP contribution in [0, 0.1) is 11.3 Å². The van der Waals surface area contributed by atoms with Gasteiger partial charge in [0.25, 0.3) is 0 Å². The highest BCUT2D eigenvalue weighted by molar-refractivity contribution is 5.74. The van der Waals surface area contributed by atoms with Crippen molar-refractivity contribution in [3.05, 3.63) is 0 Å². The Morgan fingerprint density at radius 3 is 2.50 bits per heavy atom. The Balaban J connectivity index is 2.30. The van der Waals surface area contributed by atoms with Crippen molar-refractivity contribution < 1.29 is 4.79 Å². The second kappa shape index (κ2) is 7.93. The van der Waals surface area contributed by atoms with Crippen LogP contribution in [0.4, 0.5) is 4.79 Å². The topological polar surface area (TPSA) is 59.4 Å². The summed E-state index contributed by atoms with van der Waals surface area (Å²) in [5.74, 6) is 0. The first kappa shape index (κ1) is 14.8. The van der Waals surface area contributed by atoms with Gasteiger partial charge in [-0.2, -0.15) is 5.26 Å². The Morgan fingerprint density at radius 1 is 1.33 bits per heavy atom. The number of rotatable bonds is 5. The smallest absolute Gasteiger partial charge is 0.317 e. The van der Waals surface area contributed by atoms with Crippen LogP contribution in [0.3, 0.4) is 0 Å². The van der Waals surface area contributed by atoms with Crippen molar-refractivity contribution in [2.75, 3.05) is 32.7 Å². The summed E-state index contributed by atoms with van der Waals surface area (Å²) in [6.07, 6.45) is 2.96. The van der Waals surface area contributed by atoms with Crippen LogP contribution in [0.2, 0.25) is 0 Å². The molecule has 18 heavy (non-hydrogen) atoms. The number of piperazine rings is 1. The molecule has 1 atom stereocenters. The minimum atomic E-state index is -0.00435. The first-order valence-electron chi connectivity index (χ1n) is 6.89. The molecule has 0 spiro atoms. The average molecular weight is 252 g/mol. The van der Waals surface area contributed by atoms with Gasteiger partial charge in [0.1, 0.15) is 0 Å². The number of nitrogens with zero attached hydrogens (tertiary/aromatic N) is 3. The Kier molecular flexibility index (Phi) is 6.51. The highest BCUT2D eigenvalue weighted by Gasteiger charge is 2.24. The van der Waals surface area contributed by atoms with Gasteiger partial charge in [0.15, 0.2) is 0 Å². The molecule has 1 unspecified atom stereocenters. The summed E-state index contributed by atoms with van der Waals surface area (Å²) in [7, 11) is 0. The van der Waals surface area contributed by atoms with Crippen molar-refractivity contribution in [2.24, 2.45) is 0 Å². The fourth-order valence-corrected chi connectivity index (χ4v) is 2.15. The minimum absolute atomic E-state index is 0.00435. The third kappa shape index (κ3) is 4.19. The van der Waals surface area contributed by atoms with Crippen molar-refractivity contribution in [1.29, 1.82) is 5.26 Å². The molecule has 0 radical (unpaired) electrons. The van der Waals surface area contributed by atoms with Crippen molar-refractivity contribution in [1.82, 2.24) is 15.1 Å². The first-order chi connectivity index (χ1) is 8.72. The Hall–Kier alpha value is -1.28. The SMILES string of the molecule is CCCCNC(=O)N1CCN(C(C#N)CC)CC1. The zero-order chi connectivity index (χ0) is 13.4. The molecule has 1 fully saturated rings. The number of hydrogen-bond donors (Lipinski definition) is 1. The van der Waals surface area contributed by atoms with Gasteiger partial charge in [-0.1, -0.05) is 20.3 Å². The van der Waals surface area contributed by atoms with E-state index >= 15 is 0 Å². The molecule has 1 aliphatic heterocycles. The molecule has 1 aliphatic rings. The van der Waals surface area contributed by atoms with E-state index in [1.807, 2.05) is 11.8 Å². The molecule has 0 aromatic heterocycles. The van der Waals surface area contributed by atoms with Crippen molar-refractivity contribution in [3.8, 4) is 6.07 Å². The molecule has 0 aromatic rings. The summed E-state index contributed by atoms with van der Waals surface area (Å²) in [5.41, 5.74) is 0. The molecule has 0 aliphatic carbocycles. The van der Waals surface area contributed by atoms with E-state index in [1.54, 1.807) is 0 Å². The van der Waals surface area contributed by atoms with E-state index in [2.05, 4.69) is 23.2 Å². The first-order valence-corrected chi connectivity index (χ1v) is 6.89. The number of unbranched alkanes of at least 4 members (excludes halogenated alkanes) is 1. The molecule has 2 amide bonds. The lowest BCUT2D eigenvalue weighted by Gasteiger charge is -2.36. The normalized spacial score (nSPS) is 18.2. The Morgan fingerprint density at radius 2 is 2.00 bits per heavy atom. The zero-order valence-corrected chi connectivity index (χ0v) is 11.5. The quantitative estimate of drug-likeness (QED) is 0.753. The third-order valence-electron chi connectivity index (χ3n) is 3.38. The molecule has 1 saturated heterocycles. The van der Waals surface area contributed by atoms with Gasteiger partial charge in [-0.15, -0.1) is 0 Å². The molecule has 0 bridgehead atoms. The summed E-state index contributed by atoms with van der Waals surface area (Å²) in [6.45, 7) is 7.92. The number of hydrogen-bond acceptors (Lipinski definition) is 3. The molecular weight excluding hydrogens is 228 g/mol. The van der Waals surface area contributed by atoms with Gasteiger partial charge >= 0.3 is 6.03 Å². The Bertz CT molecular complexity index is 292. The molecule has 1 N–H and O–H groups in total. The van der Waals surface area contributed by atoms with Gasteiger partial charge in [0.05, 0.1) is 12.1 Å². The molecule has 5 heteroatoms. The molecule has 0 saturated carbocycles. The second-order valence-electron chi connectivity index (χ2n) is 4.66. The van der Waals surface area contributed by atoms with Gasteiger partial charge in [-0.3, -0.25) is 4.90 Å². The standard InChI is InChI=1S/C13H24N4O/c1-3-5-6-15-13(18)17-9-7-16(8-10-17)12(4-2)11-14/h12H,3-10H2,1-2H3,(H,15,18). The number of carbonyl (C=O) groups is 1. The van der Waals surface area contributed by atoms with E-state index in [-0.39, 0.29) is 12.1 Å². The largest absolute Gasteiger partial charge is 0.338 e. The summed E-state index contributed by atoms with van der Waals surface area (Å²) >= 11 is 0. The van der Waals surface area contributed by atoms with Gasteiger partial charge < -0.3 is 10.2 Å². The fraction of sp³-hybridized carbons (Fsp3) is 0.846. The van der Waals surface area contributed by atoms with Crippen LogP contribution in [0.5, 0.6) is 0 Å². The Labute approximate surface area is 110 Å². The summed E-state index contributed by atoms with van der Waals surface area (Å²) in [5, 5.41) is 11.9. The predicted molar refractivity (Wildman–Crippen MR) is 71.1 cm³/mol. The van der Waals surface area contributed by atoms with Crippen molar-refractivity contribution in [2.45, 2.75) is 39.2 Å². The van der Waals surface area contributed by atoms with Crippen LogP contribution in [0.25, 0.3) is 0 Å². The number of urea groups is 1. The van der Waals surface area contributed by atoms with Crippen LogP contribution >= 0.6 is 0 Å². The summed E-state index contributed by atoms with van der Waals surface area (Å²) in [4.78, 5) is 15.8. The van der Waals surface area contributed by atoms with E-state index < -0.39 is 0 Å². The van der Waals surface area contributed by atoms with Gasteiger partial charge in [-0.25, -0.2) is 4.79 Å². The molecule has 1 heterocycles. The lowest BCUT2D eigenvalue weighted by molar-refractivity contribution is 0.123. The maximum absolute atomic E-state index is 11.8. The van der Waals surface area contributed by atoms with Gasteiger partial charge in [0, 0.05) is 32.7 Å². The van der Waals surface area contributed by atoms with Crippen molar-refractivity contribution in [3.63, 3.8) is 0 Å². The molecule has 5 nitrogen and oxygen atoms in total. The lowest BCUT2D eigenvalue weighted by atomic mass is 10.2. The second-order valence-corrected chi connectivity index (χ2v) is 4.66. The van der Waals surface area contributed by atoms with E-state index in [0.29, 0.717) is 0 Å². The van der Waals surface area contributed by atoms with E-state index in [1.165, 1.54) is 0 Å². The number of nitriles is 1. The van der Waals surface area contributed by atoms with Crippen molar-refractivity contribution >= 4 is 6.03 Å². The van der Waals surface area contributed by atoms with Crippen LogP contribution < -0.4 is 5.32 Å². The fourth-order valence-electron chi connectivity index (χ4n) is 2.15. The third-order valence-corrected chi connectivity index (χ3v) is 3.38.